The number of rotatable bonds is 4. The number of nitrogens with one attached hydrogen (secondary N) is 2. The third-order valence-corrected chi connectivity index (χ3v) is 2.59. The molecule has 0 aromatic carbocycles. The van der Waals surface area contributed by atoms with Crippen LogP contribution in [-0.4, -0.2) is 44.1 Å². The van der Waals surface area contributed by atoms with Crippen molar-refractivity contribution < 1.29 is 9.47 Å². The molecule has 0 amide bonds. The Balaban J connectivity index is 2.16. The number of thiocarbonyl (C=S) groups is 1. The summed E-state index contributed by atoms with van der Waals surface area (Å²) in [6, 6.07) is 0.698. The van der Waals surface area contributed by atoms with Gasteiger partial charge in [-0.05, 0) is 32.0 Å². The van der Waals surface area contributed by atoms with Gasteiger partial charge in [0, 0.05) is 32.4 Å². The molecule has 1 fully saturated rings. The lowest BCUT2D eigenvalue weighted by Gasteiger charge is -2.25. The van der Waals surface area contributed by atoms with Crippen LogP contribution >= 0.6 is 12.2 Å². The van der Waals surface area contributed by atoms with Crippen molar-refractivity contribution in [3.63, 3.8) is 0 Å². The molecule has 15 heavy (non-hydrogen) atoms. The van der Waals surface area contributed by atoms with E-state index >= 15 is 0 Å². The molecule has 1 rings (SSSR count). The highest BCUT2D eigenvalue weighted by atomic mass is 32.1. The van der Waals surface area contributed by atoms with Crippen LogP contribution in [0.2, 0.25) is 0 Å². The molecule has 0 radical (unpaired) electrons. The maximum absolute atomic E-state index is 5.28. The second-order valence-electron chi connectivity index (χ2n) is 3.86. The molecule has 1 saturated heterocycles. The molecule has 0 bridgehead atoms. The summed E-state index contributed by atoms with van der Waals surface area (Å²) >= 11 is 5.21. The summed E-state index contributed by atoms with van der Waals surface area (Å²) in [4.78, 5) is 0. The van der Waals surface area contributed by atoms with Gasteiger partial charge in [0.15, 0.2) is 5.11 Å². The van der Waals surface area contributed by atoms with Crippen LogP contribution in [0.1, 0.15) is 19.8 Å². The van der Waals surface area contributed by atoms with Crippen molar-refractivity contribution in [3.05, 3.63) is 0 Å². The van der Waals surface area contributed by atoms with E-state index in [1.54, 1.807) is 7.11 Å². The molecule has 0 aromatic heterocycles. The van der Waals surface area contributed by atoms with E-state index in [1.807, 2.05) is 6.92 Å². The van der Waals surface area contributed by atoms with Gasteiger partial charge in [0.05, 0.1) is 6.61 Å². The summed E-state index contributed by atoms with van der Waals surface area (Å²) in [5.74, 6) is 0. The molecule has 1 unspecified atom stereocenters. The maximum Gasteiger partial charge on any atom is 0.166 e. The van der Waals surface area contributed by atoms with Crippen molar-refractivity contribution >= 4 is 17.3 Å². The maximum atomic E-state index is 5.28. The quantitative estimate of drug-likeness (QED) is 0.697. The van der Waals surface area contributed by atoms with Gasteiger partial charge in [0.1, 0.15) is 0 Å². The Morgan fingerprint density at radius 2 is 2.20 bits per heavy atom. The SMILES string of the molecule is COCC(C)NC(=S)NC1CCOCC1. The zero-order valence-corrected chi connectivity index (χ0v) is 10.2. The molecule has 5 heteroatoms. The van der Waals surface area contributed by atoms with Gasteiger partial charge in [-0.15, -0.1) is 0 Å². The summed E-state index contributed by atoms with van der Waals surface area (Å²) in [5, 5.41) is 7.19. The molecule has 1 heterocycles. The number of hydrogen-bond donors (Lipinski definition) is 2. The second-order valence-corrected chi connectivity index (χ2v) is 4.27. The van der Waals surface area contributed by atoms with Gasteiger partial charge < -0.3 is 20.1 Å². The fourth-order valence-electron chi connectivity index (χ4n) is 1.58. The highest BCUT2D eigenvalue weighted by molar-refractivity contribution is 7.80. The molecule has 0 spiro atoms. The van der Waals surface area contributed by atoms with Crippen molar-refractivity contribution in [2.75, 3.05) is 26.9 Å². The lowest BCUT2D eigenvalue weighted by atomic mass is 10.1. The van der Waals surface area contributed by atoms with E-state index in [4.69, 9.17) is 21.7 Å². The minimum absolute atomic E-state index is 0.245. The summed E-state index contributed by atoms with van der Waals surface area (Å²) in [6.45, 7) is 4.36. The predicted molar refractivity (Wildman–Crippen MR) is 64.0 cm³/mol. The van der Waals surface area contributed by atoms with E-state index in [0.717, 1.165) is 26.1 Å². The van der Waals surface area contributed by atoms with E-state index in [9.17, 15) is 0 Å². The molecule has 0 aromatic rings. The third-order valence-electron chi connectivity index (χ3n) is 2.35. The van der Waals surface area contributed by atoms with Gasteiger partial charge in [0.2, 0.25) is 0 Å². The van der Waals surface area contributed by atoms with Crippen molar-refractivity contribution in [2.45, 2.75) is 31.8 Å². The number of hydrogen-bond acceptors (Lipinski definition) is 3. The smallest absolute Gasteiger partial charge is 0.166 e. The van der Waals surface area contributed by atoms with E-state index in [2.05, 4.69) is 10.6 Å². The monoisotopic (exact) mass is 232 g/mol. The third kappa shape index (κ3) is 5.30. The van der Waals surface area contributed by atoms with Crippen LogP contribution in [0.3, 0.4) is 0 Å². The molecular weight excluding hydrogens is 212 g/mol. The van der Waals surface area contributed by atoms with Crippen LogP contribution in [0.4, 0.5) is 0 Å². The first kappa shape index (κ1) is 12.7. The Bertz CT molecular complexity index is 196. The van der Waals surface area contributed by atoms with Crippen molar-refractivity contribution in [1.82, 2.24) is 10.6 Å². The van der Waals surface area contributed by atoms with Gasteiger partial charge in [-0.2, -0.15) is 0 Å². The number of methoxy groups -OCH3 is 1. The molecule has 2 N–H and O–H groups in total. The van der Waals surface area contributed by atoms with E-state index < -0.39 is 0 Å². The first-order valence-electron chi connectivity index (χ1n) is 5.36. The topological polar surface area (TPSA) is 42.5 Å². The predicted octanol–water partition coefficient (Wildman–Crippen LogP) is 0.664. The molecule has 88 valence electrons. The Morgan fingerprint density at radius 3 is 2.80 bits per heavy atom. The molecule has 4 nitrogen and oxygen atoms in total. The largest absolute Gasteiger partial charge is 0.383 e. The van der Waals surface area contributed by atoms with Crippen LogP contribution in [-0.2, 0) is 9.47 Å². The van der Waals surface area contributed by atoms with Crippen LogP contribution in [0, 0.1) is 0 Å². The number of ether oxygens (including phenoxy) is 2. The average Bonchev–Trinajstić information content (AvgIpc) is 2.19. The van der Waals surface area contributed by atoms with Crippen molar-refractivity contribution in [2.24, 2.45) is 0 Å². The highest BCUT2D eigenvalue weighted by Gasteiger charge is 2.14. The molecule has 0 aliphatic carbocycles. The van der Waals surface area contributed by atoms with Gasteiger partial charge in [0.25, 0.3) is 0 Å². The van der Waals surface area contributed by atoms with E-state index in [0.29, 0.717) is 17.8 Å². The summed E-state index contributed by atoms with van der Waals surface area (Å²) in [5.41, 5.74) is 0. The molecule has 1 atom stereocenters. The van der Waals surface area contributed by atoms with Gasteiger partial charge >= 0.3 is 0 Å². The Morgan fingerprint density at radius 1 is 1.53 bits per heavy atom. The van der Waals surface area contributed by atoms with E-state index in [1.165, 1.54) is 0 Å². The molecule has 1 aliphatic heterocycles. The Hall–Kier alpha value is -0.390. The van der Waals surface area contributed by atoms with Crippen LogP contribution in [0.25, 0.3) is 0 Å². The van der Waals surface area contributed by atoms with Crippen LogP contribution < -0.4 is 10.6 Å². The van der Waals surface area contributed by atoms with Gasteiger partial charge in [-0.25, -0.2) is 0 Å². The van der Waals surface area contributed by atoms with Crippen molar-refractivity contribution in [1.29, 1.82) is 0 Å². The summed E-state index contributed by atoms with van der Waals surface area (Å²) in [6.07, 6.45) is 2.06. The van der Waals surface area contributed by atoms with Gasteiger partial charge in [-0.1, -0.05) is 0 Å². The molecule has 1 aliphatic rings. The van der Waals surface area contributed by atoms with Crippen LogP contribution in [0.15, 0.2) is 0 Å². The fourth-order valence-corrected chi connectivity index (χ4v) is 1.95. The first-order valence-corrected chi connectivity index (χ1v) is 5.77. The van der Waals surface area contributed by atoms with E-state index in [-0.39, 0.29) is 6.04 Å². The second kappa shape index (κ2) is 6.98. The summed E-state index contributed by atoms with van der Waals surface area (Å²) in [7, 11) is 1.69. The minimum atomic E-state index is 0.245. The Kier molecular flexibility index (Phi) is 5.90. The zero-order valence-electron chi connectivity index (χ0n) is 9.41. The average molecular weight is 232 g/mol. The van der Waals surface area contributed by atoms with Gasteiger partial charge in [-0.3, -0.25) is 0 Å². The molecular formula is C10H20N2O2S. The Labute approximate surface area is 96.7 Å². The normalized spacial score (nSPS) is 19.6. The van der Waals surface area contributed by atoms with Crippen molar-refractivity contribution in [3.8, 4) is 0 Å². The fraction of sp³-hybridized carbons (Fsp3) is 0.900. The summed E-state index contributed by atoms with van der Waals surface area (Å²) < 4.78 is 10.3. The first-order chi connectivity index (χ1) is 7.22. The van der Waals surface area contributed by atoms with Crippen LogP contribution in [0.5, 0.6) is 0 Å². The lowest BCUT2D eigenvalue weighted by Crippen LogP contribution is -2.47. The zero-order chi connectivity index (χ0) is 11.1. The lowest BCUT2D eigenvalue weighted by molar-refractivity contribution is 0.0823. The standard InChI is InChI=1S/C10H20N2O2S/c1-8(7-13-2)11-10(15)12-9-3-5-14-6-4-9/h8-9H,3-7H2,1-2H3,(H2,11,12,15). The minimum Gasteiger partial charge on any atom is -0.383 e. The highest BCUT2D eigenvalue weighted by Crippen LogP contribution is 2.05. The molecule has 0 saturated carbocycles.